The highest BCUT2D eigenvalue weighted by molar-refractivity contribution is 5.83. The van der Waals surface area contributed by atoms with Crippen molar-refractivity contribution in [3.05, 3.63) is 35.4 Å². The predicted molar refractivity (Wildman–Crippen MR) is 77.6 cm³/mol. The van der Waals surface area contributed by atoms with E-state index in [0.29, 0.717) is 11.3 Å². The fourth-order valence-electron chi connectivity index (χ4n) is 2.42. The van der Waals surface area contributed by atoms with Crippen LogP contribution in [0.5, 0.6) is 0 Å². The molecule has 3 nitrogen and oxygen atoms in total. The summed E-state index contributed by atoms with van der Waals surface area (Å²) in [5.74, 6) is 0.541. The Morgan fingerprint density at radius 2 is 1.89 bits per heavy atom. The van der Waals surface area contributed by atoms with Gasteiger partial charge >= 0.3 is 0 Å². The highest BCUT2D eigenvalue weighted by atomic mass is 16.2. The van der Waals surface area contributed by atoms with Crippen LogP contribution in [0.3, 0.4) is 0 Å². The summed E-state index contributed by atoms with van der Waals surface area (Å²) in [5.41, 5.74) is 8.37. The van der Waals surface area contributed by atoms with Gasteiger partial charge in [0, 0.05) is 6.54 Å². The first-order chi connectivity index (χ1) is 8.94. The van der Waals surface area contributed by atoms with Gasteiger partial charge in [0.25, 0.3) is 0 Å². The molecule has 2 rings (SSSR count). The molecule has 1 aromatic rings. The number of amides is 1. The lowest BCUT2D eigenvalue weighted by Gasteiger charge is -2.21. The SMILES string of the molecule is Cc1ccc(C(N)C(=O)NCC2(C(C)C)CC2)cc1. The molecule has 0 aliphatic heterocycles. The van der Waals surface area contributed by atoms with E-state index in [0.717, 1.165) is 12.1 Å². The van der Waals surface area contributed by atoms with Crippen LogP contribution in [0, 0.1) is 18.3 Å². The Bertz CT molecular complexity index is 446. The number of benzene rings is 1. The molecule has 1 saturated carbocycles. The molecule has 1 aromatic carbocycles. The molecule has 0 bridgehead atoms. The lowest BCUT2D eigenvalue weighted by Crippen LogP contribution is -2.38. The lowest BCUT2D eigenvalue weighted by atomic mass is 9.92. The van der Waals surface area contributed by atoms with Crippen LogP contribution in [0.15, 0.2) is 24.3 Å². The minimum atomic E-state index is -0.566. The van der Waals surface area contributed by atoms with Crippen molar-refractivity contribution >= 4 is 5.91 Å². The van der Waals surface area contributed by atoms with Crippen molar-refractivity contribution in [3.63, 3.8) is 0 Å². The Labute approximate surface area is 115 Å². The molecule has 1 aliphatic rings. The summed E-state index contributed by atoms with van der Waals surface area (Å²) >= 11 is 0. The third-order valence-corrected chi connectivity index (χ3v) is 4.45. The van der Waals surface area contributed by atoms with Crippen molar-refractivity contribution in [2.75, 3.05) is 6.54 Å². The molecule has 0 spiro atoms. The summed E-state index contributed by atoms with van der Waals surface area (Å²) in [5, 5.41) is 3.02. The molecular formula is C16H24N2O. The van der Waals surface area contributed by atoms with Crippen LogP contribution in [0.4, 0.5) is 0 Å². The van der Waals surface area contributed by atoms with Gasteiger partial charge in [-0.25, -0.2) is 0 Å². The Kier molecular flexibility index (Phi) is 3.95. The number of rotatable bonds is 5. The Hall–Kier alpha value is -1.35. The van der Waals surface area contributed by atoms with E-state index in [1.54, 1.807) is 0 Å². The third-order valence-electron chi connectivity index (χ3n) is 4.45. The molecule has 3 N–H and O–H groups in total. The number of nitrogens with two attached hydrogens (primary N) is 1. The van der Waals surface area contributed by atoms with Crippen molar-refractivity contribution in [2.24, 2.45) is 17.1 Å². The second kappa shape index (κ2) is 5.33. The summed E-state index contributed by atoms with van der Waals surface area (Å²) in [6.45, 7) is 7.22. The smallest absolute Gasteiger partial charge is 0.241 e. The van der Waals surface area contributed by atoms with E-state index >= 15 is 0 Å². The van der Waals surface area contributed by atoms with Gasteiger partial charge in [-0.2, -0.15) is 0 Å². The molecule has 0 radical (unpaired) electrons. The van der Waals surface area contributed by atoms with Crippen LogP contribution in [0.1, 0.15) is 43.9 Å². The van der Waals surface area contributed by atoms with Gasteiger partial charge in [-0.05, 0) is 36.7 Å². The van der Waals surface area contributed by atoms with Gasteiger partial charge in [0.2, 0.25) is 5.91 Å². The standard InChI is InChI=1S/C16H24N2O/c1-11(2)16(8-9-16)10-18-15(19)14(17)13-6-4-12(3)5-7-13/h4-7,11,14H,8-10,17H2,1-3H3,(H,18,19). The lowest BCUT2D eigenvalue weighted by molar-refractivity contribution is -0.122. The zero-order chi connectivity index (χ0) is 14.0. The summed E-state index contributed by atoms with van der Waals surface area (Å²) in [6, 6.07) is 7.26. The minimum absolute atomic E-state index is 0.0734. The molecule has 1 amide bonds. The molecule has 1 atom stereocenters. The van der Waals surface area contributed by atoms with Gasteiger partial charge in [0.1, 0.15) is 6.04 Å². The van der Waals surface area contributed by atoms with Crippen LogP contribution >= 0.6 is 0 Å². The highest BCUT2D eigenvalue weighted by Crippen LogP contribution is 2.51. The molecule has 104 valence electrons. The largest absolute Gasteiger partial charge is 0.354 e. The summed E-state index contributed by atoms with van der Waals surface area (Å²) in [7, 11) is 0. The quantitative estimate of drug-likeness (QED) is 0.855. The van der Waals surface area contributed by atoms with E-state index in [4.69, 9.17) is 5.73 Å². The Morgan fingerprint density at radius 3 is 2.37 bits per heavy atom. The van der Waals surface area contributed by atoms with E-state index in [-0.39, 0.29) is 5.91 Å². The zero-order valence-corrected chi connectivity index (χ0v) is 12.1. The van der Waals surface area contributed by atoms with E-state index < -0.39 is 6.04 Å². The first kappa shape index (κ1) is 14.1. The summed E-state index contributed by atoms with van der Waals surface area (Å²) < 4.78 is 0. The average molecular weight is 260 g/mol. The van der Waals surface area contributed by atoms with Crippen LogP contribution in [0.2, 0.25) is 0 Å². The summed E-state index contributed by atoms with van der Waals surface area (Å²) in [4.78, 5) is 12.1. The topological polar surface area (TPSA) is 55.1 Å². The number of carbonyl (C=O) groups excluding carboxylic acids is 1. The second-order valence-electron chi connectivity index (χ2n) is 6.12. The van der Waals surface area contributed by atoms with Gasteiger partial charge in [-0.15, -0.1) is 0 Å². The zero-order valence-electron chi connectivity index (χ0n) is 12.1. The van der Waals surface area contributed by atoms with Crippen LogP contribution < -0.4 is 11.1 Å². The maximum Gasteiger partial charge on any atom is 0.241 e. The first-order valence-electron chi connectivity index (χ1n) is 7.04. The number of carbonyl (C=O) groups is 1. The fraction of sp³-hybridized carbons (Fsp3) is 0.562. The van der Waals surface area contributed by atoms with Gasteiger partial charge in [0.15, 0.2) is 0 Å². The molecule has 1 fully saturated rings. The van der Waals surface area contributed by atoms with Crippen LogP contribution in [0.25, 0.3) is 0 Å². The molecule has 19 heavy (non-hydrogen) atoms. The van der Waals surface area contributed by atoms with Crippen LogP contribution in [-0.2, 0) is 4.79 Å². The molecular weight excluding hydrogens is 236 g/mol. The van der Waals surface area contributed by atoms with E-state index in [1.807, 2.05) is 31.2 Å². The first-order valence-corrected chi connectivity index (χ1v) is 7.04. The van der Waals surface area contributed by atoms with E-state index in [9.17, 15) is 4.79 Å². The van der Waals surface area contributed by atoms with Crippen molar-refractivity contribution in [1.82, 2.24) is 5.32 Å². The number of nitrogens with one attached hydrogen (secondary N) is 1. The van der Waals surface area contributed by atoms with E-state index in [2.05, 4.69) is 19.2 Å². The van der Waals surface area contributed by atoms with Gasteiger partial charge in [-0.3, -0.25) is 4.79 Å². The average Bonchev–Trinajstić information content (AvgIpc) is 3.17. The fourth-order valence-corrected chi connectivity index (χ4v) is 2.42. The molecule has 0 aromatic heterocycles. The second-order valence-corrected chi connectivity index (χ2v) is 6.12. The molecule has 0 heterocycles. The third kappa shape index (κ3) is 3.16. The van der Waals surface area contributed by atoms with Crippen molar-refractivity contribution in [3.8, 4) is 0 Å². The Balaban J connectivity index is 1.91. The van der Waals surface area contributed by atoms with E-state index in [1.165, 1.54) is 18.4 Å². The predicted octanol–water partition coefficient (Wildman–Crippen LogP) is 2.55. The number of hydrogen-bond acceptors (Lipinski definition) is 2. The number of aryl methyl sites for hydroxylation is 1. The van der Waals surface area contributed by atoms with Crippen molar-refractivity contribution in [2.45, 2.75) is 39.7 Å². The molecule has 1 aliphatic carbocycles. The molecule has 1 unspecified atom stereocenters. The van der Waals surface area contributed by atoms with Crippen molar-refractivity contribution < 1.29 is 4.79 Å². The normalized spacial score (nSPS) is 18.2. The highest BCUT2D eigenvalue weighted by Gasteiger charge is 2.45. The number of hydrogen-bond donors (Lipinski definition) is 2. The maximum absolute atomic E-state index is 12.1. The van der Waals surface area contributed by atoms with Gasteiger partial charge in [0.05, 0.1) is 0 Å². The van der Waals surface area contributed by atoms with Crippen LogP contribution in [-0.4, -0.2) is 12.5 Å². The minimum Gasteiger partial charge on any atom is -0.354 e. The molecule has 3 heteroatoms. The van der Waals surface area contributed by atoms with Gasteiger partial charge < -0.3 is 11.1 Å². The van der Waals surface area contributed by atoms with Gasteiger partial charge in [-0.1, -0.05) is 43.7 Å². The Morgan fingerprint density at radius 1 is 1.32 bits per heavy atom. The summed E-state index contributed by atoms with van der Waals surface area (Å²) in [6.07, 6.45) is 2.43. The molecule has 0 saturated heterocycles. The maximum atomic E-state index is 12.1. The van der Waals surface area contributed by atoms with Crippen molar-refractivity contribution in [1.29, 1.82) is 0 Å². The monoisotopic (exact) mass is 260 g/mol.